The van der Waals surface area contributed by atoms with Crippen LogP contribution in [0, 0.1) is 17.2 Å². The molecule has 1 aromatic heterocycles. The fourth-order valence-corrected chi connectivity index (χ4v) is 4.09. The molecule has 10 nitrogen and oxygen atoms in total. The summed E-state index contributed by atoms with van der Waals surface area (Å²) in [7, 11) is 1.50. The molecule has 2 aromatic rings. The van der Waals surface area contributed by atoms with E-state index in [4.69, 9.17) is 25.7 Å². The molecule has 1 saturated heterocycles. The number of allylic oxidation sites excluding steroid dienone is 1. The van der Waals surface area contributed by atoms with Crippen molar-refractivity contribution in [1.82, 2.24) is 15.8 Å². The van der Waals surface area contributed by atoms with Crippen molar-refractivity contribution in [2.75, 3.05) is 13.7 Å². The molecule has 1 amide bonds. The highest BCUT2D eigenvalue weighted by atomic mass is 16.5. The van der Waals surface area contributed by atoms with Crippen molar-refractivity contribution in [3.8, 4) is 17.6 Å². The Morgan fingerprint density at radius 2 is 2.13 bits per heavy atom. The molecule has 1 aromatic carbocycles. The lowest BCUT2D eigenvalue weighted by Gasteiger charge is -2.36. The lowest BCUT2D eigenvalue weighted by molar-refractivity contribution is -0.119. The maximum absolute atomic E-state index is 11.1. The van der Waals surface area contributed by atoms with Gasteiger partial charge in [-0.05, 0) is 29.3 Å². The number of nitrogens with zero attached hydrogens (tertiary/aromatic N) is 2. The molecule has 10 heteroatoms. The summed E-state index contributed by atoms with van der Waals surface area (Å²) in [4.78, 5) is 15.3. The maximum Gasteiger partial charge on any atom is 0.255 e. The van der Waals surface area contributed by atoms with Gasteiger partial charge >= 0.3 is 0 Å². The van der Waals surface area contributed by atoms with Gasteiger partial charge in [-0.2, -0.15) is 5.26 Å². The van der Waals surface area contributed by atoms with Crippen molar-refractivity contribution >= 4 is 5.91 Å². The summed E-state index contributed by atoms with van der Waals surface area (Å²) in [6.07, 6.45) is 3.02. The lowest BCUT2D eigenvalue weighted by atomic mass is 9.74. The van der Waals surface area contributed by atoms with Gasteiger partial charge < -0.3 is 25.7 Å². The van der Waals surface area contributed by atoms with Crippen LogP contribution in [-0.4, -0.2) is 30.8 Å². The summed E-state index contributed by atoms with van der Waals surface area (Å²) in [6.45, 7) is -0.273. The van der Waals surface area contributed by atoms with Crippen LogP contribution in [0.2, 0.25) is 0 Å². The Balaban J connectivity index is 1.77. The molecule has 160 valence electrons. The number of methoxy groups -OCH3 is 1. The van der Waals surface area contributed by atoms with E-state index in [1.165, 1.54) is 7.11 Å². The number of rotatable bonds is 6. The largest absolute Gasteiger partial charge is 0.493 e. The molecular formula is C21H22N6O4. The van der Waals surface area contributed by atoms with Crippen LogP contribution in [0.15, 0.2) is 54.2 Å². The summed E-state index contributed by atoms with van der Waals surface area (Å²) in [5.41, 5.74) is 19.7. The third-order valence-corrected chi connectivity index (χ3v) is 5.41. The Kier molecular flexibility index (Phi) is 5.62. The van der Waals surface area contributed by atoms with Crippen LogP contribution in [0.5, 0.6) is 11.5 Å². The van der Waals surface area contributed by atoms with Gasteiger partial charge in [0.05, 0.1) is 18.7 Å². The highest BCUT2D eigenvalue weighted by molar-refractivity contribution is 5.75. The fourth-order valence-electron chi connectivity index (χ4n) is 4.09. The first kappa shape index (κ1) is 20.5. The number of carbonyl (C=O) groups is 1. The zero-order chi connectivity index (χ0) is 22.0. The number of nitrogens with two attached hydrogens (primary N) is 2. The van der Waals surface area contributed by atoms with Crippen molar-refractivity contribution in [3.63, 3.8) is 0 Å². The number of amides is 1. The molecule has 4 unspecified atom stereocenters. The van der Waals surface area contributed by atoms with Gasteiger partial charge in [-0.15, -0.1) is 0 Å². The number of nitrogens with one attached hydrogen (secondary N) is 2. The minimum Gasteiger partial charge on any atom is -0.493 e. The Morgan fingerprint density at radius 3 is 2.81 bits per heavy atom. The summed E-state index contributed by atoms with van der Waals surface area (Å²) in [5, 5.41) is 9.87. The van der Waals surface area contributed by atoms with E-state index < -0.39 is 18.1 Å². The van der Waals surface area contributed by atoms with Crippen LogP contribution < -0.4 is 31.8 Å². The predicted molar refractivity (Wildman–Crippen MR) is 109 cm³/mol. The van der Waals surface area contributed by atoms with Crippen LogP contribution in [0.25, 0.3) is 0 Å². The zero-order valence-electron chi connectivity index (χ0n) is 16.7. The van der Waals surface area contributed by atoms with Gasteiger partial charge in [0, 0.05) is 24.2 Å². The molecule has 2 aliphatic rings. The van der Waals surface area contributed by atoms with E-state index in [2.05, 4.69) is 21.9 Å². The summed E-state index contributed by atoms with van der Waals surface area (Å²) in [6, 6.07) is 11.1. The molecule has 3 heterocycles. The van der Waals surface area contributed by atoms with Gasteiger partial charge in [-0.25, -0.2) is 10.9 Å². The smallest absolute Gasteiger partial charge is 0.255 e. The molecule has 4 atom stereocenters. The third-order valence-electron chi connectivity index (χ3n) is 5.41. The van der Waals surface area contributed by atoms with Crippen LogP contribution >= 0.6 is 0 Å². The number of carbonyl (C=O) groups excluding carboxylic acids is 1. The molecule has 0 spiro atoms. The average Bonchev–Trinajstić information content (AvgIpc) is 3.20. The quantitative estimate of drug-likeness (QED) is 0.522. The average molecular weight is 422 g/mol. The van der Waals surface area contributed by atoms with E-state index in [0.717, 1.165) is 11.1 Å². The number of ether oxygens (including phenoxy) is 3. The third kappa shape index (κ3) is 3.84. The Morgan fingerprint density at radius 1 is 1.29 bits per heavy atom. The second-order valence-corrected chi connectivity index (χ2v) is 7.20. The van der Waals surface area contributed by atoms with E-state index in [9.17, 15) is 10.1 Å². The number of benzene rings is 1. The van der Waals surface area contributed by atoms with Crippen LogP contribution in [0.3, 0.4) is 0 Å². The molecule has 0 bridgehead atoms. The van der Waals surface area contributed by atoms with E-state index in [-0.39, 0.29) is 24.4 Å². The second kappa shape index (κ2) is 8.51. The number of pyridine rings is 1. The first-order valence-electron chi connectivity index (χ1n) is 9.60. The summed E-state index contributed by atoms with van der Waals surface area (Å²) < 4.78 is 16.7. The highest BCUT2D eigenvalue weighted by Gasteiger charge is 2.49. The number of nitriles is 1. The molecule has 0 aliphatic carbocycles. The molecule has 0 saturated carbocycles. The SMILES string of the molecule is COc1cc(C2C(C#N)=C(N)OC3NNC(c4cccnc4)C32)ccc1OCC(N)=O. The molecule has 4 rings (SSSR count). The molecular weight excluding hydrogens is 400 g/mol. The molecule has 0 radical (unpaired) electrons. The molecule has 1 fully saturated rings. The van der Waals surface area contributed by atoms with Crippen molar-refractivity contribution < 1.29 is 19.0 Å². The molecule has 6 N–H and O–H groups in total. The predicted octanol–water partition coefficient (Wildman–Crippen LogP) is 0.553. The lowest BCUT2D eigenvalue weighted by Crippen LogP contribution is -2.41. The van der Waals surface area contributed by atoms with Crippen LogP contribution in [0.1, 0.15) is 23.1 Å². The van der Waals surface area contributed by atoms with Crippen molar-refractivity contribution in [2.45, 2.75) is 18.2 Å². The number of hydrazine groups is 1. The second-order valence-electron chi connectivity index (χ2n) is 7.20. The van der Waals surface area contributed by atoms with Crippen molar-refractivity contribution in [3.05, 3.63) is 65.3 Å². The number of primary amides is 1. The molecule has 31 heavy (non-hydrogen) atoms. The van der Waals surface area contributed by atoms with Crippen molar-refractivity contribution in [1.29, 1.82) is 5.26 Å². The number of hydrogen-bond donors (Lipinski definition) is 4. The first-order chi connectivity index (χ1) is 15.0. The minimum absolute atomic E-state index is 0.0721. The number of aromatic nitrogens is 1. The Bertz CT molecular complexity index is 1050. The monoisotopic (exact) mass is 422 g/mol. The summed E-state index contributed by atoms with van der Waals surface area (Å²) >= 11 is 0. The van der Waals surface area contributed by atoms with E-state index in [1.54, 1.807) is 24.5 Å². The zero-order valence-corrected chi connectivity index (χ0v) is 16.7. The van der Waals surface area contributed by atoms with Gasteiger partial charge in [0.1, 0.15) is 6.07 Å². The Labute approximate surface area is 178 Å². The summed E-state index contributed by atoms with van der Waals surface area (Å²) in [5.74, 6) is -0.333. The van der Waals surface area contributed by atoms with Crippen LogP contribution in [-0.2, 0) is 9.53 Å². The normalized spacial score (nSPS) is 24.6. The number of fused-ring (bicyclic) bond motifs is 1. The van der Waals surface area contributed by atoms with Gasteiger partial charge in [-0.1, -0.05) is 12.1 Å². The number of hydrogen-bond acceptors (Lipinski definition) is 9. The van der Waals surface area contributed by atoms with Gasteiger partial charge in [0.25, 0.3) is 5.91 Å². The van der Waals surface area contributed by atoms with E-state index in [0.29, 0.717) is 17.1 Å². The van der Waals surface area contributed by atoms with Gasteiger partial charge in [-0.3, -0.25) is 9.78 Å². The van der Waals surface area contributed by atoms with Gasteiger partial charge in [0.2, 0.25) is 5.88 Å². The van der Waals surface area contributed by atoms with Crippen molar-refractivity contribution in [2.24, 2.45) is 17.4 Å². The fraction of sp³-hybridized carbons (Fsp3) is 0.286. The maximum atomic E-state index is 11.1. The van der Waals surface area contributed by atoms with Crippen LogP contribution in [0.4, 0.5) is 0 Å². The van der Waals surface area contributed by atoms with E-state index >= 15 is 0 Å². The van der Waals surface area contributed by atoms with E-state index in [1.807, 2.05) is 18.2 Å². The Hall–Kier alpha value is -3.81. The first-order valence-corrected chi connectivity index (χ1v) is 9.60. The minimum atomic E-state index is -0.594. The molecule has 2 aliphatic heterocycles. The highest BCUT2D eigenvalue weighted by Crippen LogP contribution is 2.48. The topological polar surface area (TPSA) is 158 Å². The van der Waals surface area contributed by atoms with Gasteiger partial charge in [0.15, 0.2) is 24.3 Å². The standard InChI is InChI=1S/C21H22N6O4/c1-29-15-7-11(4-5-14(15)30-10-16(23)28)17-13(8-22)20(24)31-21-18(17)19(26-27-21)12-3-2-6-25-9-12/h2-7,9,17-19,21,26-27H,10,24H2,1H3,(H2,23,28).